The van der Waals surface area contributed by atoms with Crippen molar-refractivity contribution in [3.8, 4) is 0 Å². The molecule has 2 aromatic carbocycles. The van der Waals surface area contributed by atoms with Gasteiger partial charge in [-0.15, -0.1) is 0 Å². The Morgan fingerprint density at radius 1 is 1.13 bits per heavy atom. The van der Waals surface area contributed by atoms with E-state index in [0.29, 0.717) is 23.1 Å². The molecule has 10 heteroatoms. The lowest BCUT2D eigenvalue weighted by Gasteiger charge is -2.29. The van der Waals surface area contributed by atoms with Gasteiger partial charge < -0.3 is 10.5 Å². The fourth-order valence-electron chi connectivity index (χ4n) is 3.42. The Labute approximate surface area is 168 Å². The van der Waals surface area contributed by atoms with Crippen molar-refractivity contribution in [1.82, 2.24) is 4.90 Å². The zero-order chi connectivity index (χ0) is 22.1. The number of imide groups is 1. The molecule has 1 saturated heterocycles. The summed E-state index contributed by atoms with van der Waals surface area (Å²) in [6, 6.07) is 6.79. The highest BCUT2D eigenvalue weighted by Crippen LogP contribution is 2.38. The van der Waals surface area contributed by atoms with Crippen molar-refractivity contribution in [2.24, 2.45) is 5.73 Å². The van der Waals surface area contributed by atoms with Crippen molar-refractivity contribution in [2.45, 2.75) is 30.6 Å². The number of cyclic esters (lactones) is 1. The first-order chi connectivity index (χ1) is 14.1. The van der Waals surface area contributed by atoms with Crippen LogP contribution in [0.1, 0.15) is 17.0 Å². The molecule has 1 heterocycles. The van der Waals surface area contributed by atoms with Gasteiger partial charge in [-0.05, 0) is 29.7 Å². The van der Waals surface area contributed by atoms with Gasteiger partial charge in [0.25, 0.3) is 0 Å². The molecule has 2 aromatic rings. The maximum absolute atomic E-state index is 13.7. The number of ether oxygens (including phenoxy) is 1. The minimum atomic E-state index is -5.10. The first-order valence-corrected chi connectivity index (χ1v) is 8.90. The topological polar surface area (TPSA) is 72.6 Å². The third-order valence-electron chi connectivity index (χ3n) is 4.75. The molecular weight excluding hydrogens is 411 g/mol. The van der Waals surface area contributed by atoms with E-state index in [2.05, 4.69) is 0 Å². The summed E-state index contributed by atoms with van der Waals surface area (Å²) >= 11 is 0. The number of hydrogen-bond donors (Lipinski definition) is 1. The number of hydrogen-bond acceptors (Lipinski definition) is 4. The normalized spacial score (nSPS) is 18.8. The fourth-order valence-corrected chi connectivity index (χ4v) is 3.42. The van der Waals surface area contributed by atoms with Gasteiger partial charge in [-0.2, -0.15) is 13.2 Å². The van der Waals surface area contributed by atoms with Gasteiger partial charge >= 0.3 is 12.3 Å². The van der Waals surface area contributed by atoms with E-state index in [1.165, 1.54) is 0 Å². The molecule has 1 aliphatic heterocycles. The lowest BCUT2D eigenvalue weighted by molar-refractivity contribution is -0.163. The van der Waals surface area contributed by atoms with Crippen LogP contribution in [0, 0.1) is 11.6 Å². The van der Waals surface area contributed by atoms with E-state index in [1.54, 1.807) is 30.3 Å². The first kappa shape index (κ1) is 21.7. The molecule has 1 aliphatic rings. The van der Waals surface area contributed by atoms with Crippen LogP contribution >= 0.6 is 0 Å². The Morgan fingerprint density at radius 2 is 1.73 bits per heavy atom. The molecule has 0 bridgehead atoms. The second-order valence-corrected chi connectivity index (χ2v) is 6.88. The molecule has 0 spiro atoms. The van der Waals surface area contributed by atoms with Crippen LogP contribution < -0.4 is 5.73 Å². The molecule has 160 valence electrons. The zero-order valence-corrected chi connectivity index (χ0v) is 15.4. The summed E-state index contributed by atoms with van der Waals surface area (Å²) in [6.07, 6.45) is -6.08. The molecule has 2 N–H and O–H groups in total. The number of nitrogens with zero attached hydrogens (tertiary/aromatic N) is 1. The number of nitrogens with two attached hydrogens (primary N) is 1. The molecule has 3 atom stereocenters. The summed E-state index contributed by atoms with van der Waals surface area (Å²) in [7, 11) is 0. The fraction of sp³-hybridized carbons (Fsp3) is 0.300. The van der Waals surface area contributed by atoms with E-state index in [-0.39, 0.29) is 13.0 Å². The van der Waals surface area contributed by atoms with Gasteiger partial charge in [-0.25, -0.2) is 18.5 Å². The Kier molecular flexibility index (Phi) is 6.06. The maximum Gasteiger partial charge on any atom is 0.417 e. The van der Waals surface area contributed by atoms with Crippen molar-refractivity contribution in [1.29, 1.82) is 0 Å². The van der Waals surface area contributed by atoms with E-state index < -0.39 is 53.4 Å². The summed E-state index contributed by atoms with van der Waals surface area (Å²) in [4.78, 5) is 25.4. The smallest absolute Gasteiger partial charge is 0.417 e. The van der Waals surface area contributed by atoms with Crippen LogP contribution in [0.5, 0.6) is 0 Å². The number of alkyl halides is 3. The SMILES string of the molecule is N[C@@H](C(=O)N1C(=O)OC[C@@H]1Cc1ccccc1)[C@H](c1cc(F)cc(F)c1)C(F)(F)F. The predicted molar refractivity (Wildman–Crippen MR) is 95.3 cm³/mol. The average molecular weight is 428 g/mol. The van der Waals surface area contributed by atoms with Crippen molar-refractivity contribution >= 4 is 12.0 Å². The molecule has 0 radical (unpaired) electrons. The van der Waals surface area contributed by atoms with Gasteiger partial charge in [0, 0.05) is 6.07 Å². The maximum atomic E-state index is 13.7. The van der Waals surface area contributed by atoms with Gasteiger partial charge in [0.15, 0.2) is 0 Å². The number of amides is 2. The van der Waals surface area contributed by atoms with Crippen LogP contribution in [-0.4, -0.2) is 41.8 Å². The van der Waals surface area contributed by atoms with Crippen LogP contribution in [0.15, 0.2) is 48.5 Å². The second-order valence-electron chi connectivity index (χ2n) is 6.88. The number of benzene rings is 2. The summed E-state index contributed by atoms with van der Waals surface area (Å²) in [5.41, 5.74) is 5.49. The number of halogens is 5. The van der Waals surface area contributed by atoms with E-state index in [9.17, 15) is 31.5 Å². The van der Waals surface area contributed by atoms with Crippen LogP contribution in [0.4, 0.5) is 26.7 Å². The molecule has 0 aromatic heterocycles. The van der Waals surface area contributed by atoms with Gasteiger partial charge in [0.05, 0.1) is 6.04 Å². The predicted octanol–water partition coefficient (Wildman–Crippen LogP) is 3.53. The molecule has 2 amide bonds. The van der Waals surface area contributed by atoms with Gasteiger partial charge in [0.2, 0.25) is 5.91 Å². The summed E-state index contributed by atoms with van der Waals surface area (Å²) in [5.74, 6) is -6.56. The van der Waals surface area contributed by atoms with E-state index in [1.807, 2.05) is 0 Å². The Morgan fingerprint density at radius 3 is 2.30 bits per heavy atom. The summed E-state index contributed by atoms with van der Waals surface area (Å²) in [6.45, 7) is -0.211. The number of carbonyl (C=O) groups is 2. The Hall–Kier alpha value is -3.01. The summed E-state index contributed by atoms with van der Waals surface area (Å²) in [5, 5.41) is 0. The molecular formula is C20H17F5N2O3. The molecule has 0 unspecified atom stereocenters. The lowest BCUT2D eigenvalue weighted by Crippen LogP contribution is -2.53. The molecule has 1 fully saturated rings. The molecule has 5 nitrogen and oxygen atoms in total. The van der Waals surface area contributed by atoms with Crippen LogP contribution in [0.3, 0.4) is 0 Å². The highest BCUT2D eigenvalue weighted by Gasteiger charge is 2.51. The summed E-state index contributed by atoms with van der Waals surface area (Å²) < 4.78 is 72.9. The van der Waals surface area contributed by atoms with Crippen molar-refractivity contribution in [2.75, 3.05) is 6.61 Å². The third-order valence-corrected chi connectivity index (χ3v) is 4.75. The van der Waals surface area contributed by atoms with Crippen molar-refractivity contribution in [3.05, 3.63) is 71.3 Å². The van der Waals surface area contributed by atoms with E-state index in [4.69, 9.17) is 10.5 Å². The largest absolute Gasteiger partial charge is 0.447 e. The minimum absolute atomic E-state index is 0.149. The van der Waals surface area contributed by atoms with E-state index >= 15 is 0 Å². The van der Waals surface area contributed by atoms with Crippen LogP contribution in [-0.2, 0) is 16.0 Å². The number of rotatable bonds is 5. The quantitative estimate of drug-likeness (QED) is 0.740. The Balaban J connectivity index is 1.90. The molecule has 0 saturated carbocycles. The average Bonchev–Trinajstić information content (AvgIpc) is 3.00. The monoisotopic (exact) mass is 428 g/mol. The first-order valence-electron chi connectivity index (χ1n) is 8.90. The molecule has 30 heavy (non-hydrogen) atoms. The minimum Gasteiger partial charge on any atom is -0.447 e. The number of carbonyl (C=O) groups excluding carboxylic acids is 2. The zero-order valence-electron chi connectivity index (χ0n) is 15.4. The van der Waals surface area contributed by atoms with Gasteiger partial charge in [0.1, 0.15) is 30.2 Å². The van der Waals surface area contributed by atoms with Crippen LogP contribution in [0.2, 0.25) is 0 Å². The van der Waals surface area contributed by atoms with Crippen LogP contribution in [0.25, 0.3) is 0 Å². The highest BCUT2D eigenvalue weighted by atomic mass is 19.4. The third kappa shape index (κ3) is 4.59. The standard InChI is InChI=1S/C20H17F5N2O3/c21-13-7-12(8-14(22)9-13)16(20(23,24)25)17(26)18(28)27-15(10-30-19(27)29)6-11-4-2-1-3-5-11/h1-5,7-9,15-17H,6,10,26H2/t15-,16-,17+/m0/s1. The highest BCUT2D eigenvalue weighted by molar-refractivity contribution is 5.97. The van der Waals surface area contributed by atoms with Gasteiger partial charge in [-0.1, -0.05) is 30.3 Å². The van der Waals surface area contributed by atoms with E-state index in [0.717, 1.165) is 5.56 Å². The second kappa shape index (κ2) is 8.39. The van der Waals surface area contributed by atoms with Gasteiger partial charge in [-0.3, -0.25) is 4.79 Å². The molecule has 0 aliphatic carbocycles. The molecule has 3 rings (SSSR count). The Bertz CT molecular complexity index is 916. The van der Waals surface area contributed by atoms with Crippen molar-refractivity contribution < 1.29 is 36.3 Å². The van der Waals surface area contributed by atoms with Crippen molar-refractivity contribution in [3.63, 3.8) is 0 Å². The lowest BCUT2D eigenvalue weighted by atomic mass is 9.89.